The first-order valence-corrected chi connectivity index (χ1v) is 8.16. The molecule has 1 fully saturated rings. The van der Waals surface area contributed by atoms with Crippen LogP contribution in [0.1, 0.15) is 28.9 Å². The summed E-state index contributed by atoms with van der Waals surface area (Å²) in [4.78, 5) is 12.3. The van der Waals surface area contributed by atoms with Crippen LogP contribution in [0.4, 0.5) is 13.2 Å². The Hall–Kier alpha value is -2.06. The highest BCUT2D eigenvalue weighted by Gasteiger charge is 2.35. The van der Waals surface area contributed by atoms with Crippen molar-refractivity contribution in [3.05, 3.63) is 47.8 Å². The second kappa shape index (κ2) is 8.55. The predicted molar refractivity (Wildman–Crippen MR) is 93.7 cm³/mol. The monoisotopic (exact) mass is 388 g/mol. The molecule has 142 valence electrons. The van der Waals surface area contributed by atoms with Gasteiger partial charge in [-0.1, -0.05) is 6.07 Å². The molecular weight excluding hydrogens is 369 g/mol. The smallest absolute Gasteiger partial charge is 0.352 e. The molecule has 1 aromatic carbocycles. The number of hydrogen-bond donors (Lipinski definition) is 2. The molecule has 1 aromatic heterocycles. The van der Waals surface area contributed by atoms with Crippen LogP contribution >= 0.6 is 12.4 Å². The minimum absolute atomic E-state index is 0. The van der Waals surface area contributed by atoms with E-state index in [1.165, 1.54) is 12.1 Å². The maximum atomic E-state index is 13.0. The van der Waals surface area contributed by atoms with Crippen LogP contribution in [-0.4, -0.2) is 35.3 Å². The lowest BCUT2D eigenvalue weighted by Crippen LogP contribution is -2.38. The van der Waals surface area contributed by atoms with Crippen molar-refractivity contribution < 1.29 is 18.0 Å². The first-order chi connectivity index (χ1) is 11.9. The van der Waals surface area contributed by atoms with E-state index in [9.17, 15) is 18.0 Å². The van der Waals surface area contributed by atoms with E-state index in [0.29, 0.717) is 18.0 Å². The number of nitrogens with zero attached hydrogens (tertiary/aromatic N) is 2. The summed E-state index contributed by atoms with van der Waals surface area (Å²) in [6.45, 7) is 2.41. The van der Waals surface area contributed by atoms with Crippen molar-refractivity contribution in [2.45, 2.75) is 19.0 Å². The van der Waals surface area contributed by atoms with Gasteiger partial charge in [0.05, 0.1) is 11.9 Å². The Balaban J connectivity index is 0.00000243. The SMILES string of the molecule is Cl.O=C(NCC1CCCNC1)c1cccc(-n2nccc2C(F)(F)F)c1. The Morgan fingerprint density at radius 1 is 1.35 bits per heavy atom. The topological polar surface area (TPSA) is 59.0 Å². The summed E-state index contributed by atoms with van der Waals surface area (Å²) in [7, 11) is 0. The van der Waals surface area contributed by atoms with Crippen LogP contribution in [0.15, 0.2) is 36.5 Å². The fraction of sp³-hybridized carbons (Fsp3) is 0.412. The van der Waals surface area contributed by atoms with Crippen molar-refractivity contribution in [1.29, 1.82) is 0 Å². The van der Waals surface area contributed by atoms with Gasteiger partial charge in [0.2, 0.25) is 0 Å². The van der Waals surface area contributed by atoms with E-state index in [4.69, 9.17) is 0 Å². The van der Waals surface area contributed by atoms with Gasteiger partial charge in [-0.2, -0.15) is 18.3 Å². The van der Waals surface area contributed by atoms with Gasteiger partial charge in [-0.3, -0.25) is 4.79 Å². The molecule has 1 atom stereocenters. The molecule has 0 saturated carbocycles. The van der Waals surface area contributed by atoms with Crippen LogP contribution in [0.3, 0.4) is 0 Å². The molecule has 2 aromatic rings. The summed E-state index contributed by atoms with van der Waals surface area (Å²) in [5, 5.41) is 9.86. The molecule has 2 N–H and O–H groups in total. The second-order valence-electron chi connectivity index (χ2n) is 6.10. The third kappa shape index (κ3) is 4.76. The molecule has 1 amide bonds. The quantitative estimate of drug-likeness (QED) is 0.846. The number of hydrogen-bond acceptors (Lipinski definition) is 3. The Morgan fingerprint density at radius 3 is 2.85 bits per heavy atom. The van der Waals surface area contributed by atoms with Crippen molar-refractivity contribution in [2.24, 2.45) is 5.92 Å². The van der Waals surface area contributed by atoms with Gasteiger partial charge in [0.25, 0.3) is 5.91 Å². The lowest BCUT2D eigenvalue weighted by atomic mass is 9.99. The lowest BCUT2D eigenvalue weighted by molar-refractivity contribution is -0.142. The first-order valence-electron chi connectivity index (χ1n) is 8.16. The molecule has 1 unspecified atom stereocenters. The Morgan fingerprint density at radius 2 is 2.15 bits per heavy atom. The summed E-state index contributed by atoms with van der Waals surface area (Å²) in [5.74, 6) is 0.0805. The number of piperidine rings is 1. The van der Waals surface area contributed by atoms with Gasteiger partial charge in [0.1, 0.15) is 5.69 Å². The number of carbonyl (C=O) groups is 1. The van der Waals surface area contributed by atoms with Gasteiger partial charge in [0, 0.05) is 12.1 Å². The van der Waals surface area contributed by atoms with E-state index in [0.717, 1.165) is 42.9 Å². The van der Waals surface area contributed by atoms with E-state index >= 15 is 0 Å². The molecule has 5 nitrogen and oxygen atoms in total. The number of benzene rings is 1. The zero-order valence-electron chi connectivity index (χ0n) is 13.9. The molecule has 0 radical (unpaired) electrons. The van der Waals surface area contributed by atoms with Crippen LogP contribution < -0.4 is 10.6 Å². The van der Waals surface area contributed by atoms with Crippen molar-refractivity contribution in [3.8, 4) is 5.69 Å². The fourth-order valence-electron chi connectivity index (χ4n) is 2.94. The largest absolute Gasteiger partial charge is 0.433 e. The number of nitrogens with one attached hydrogen (secondary N) is 2. The summed E-state index contributed by atoms with van der Waals surface area (Å²) in [6, 6.07) is 6.94. The molecule has 1 aliphatic heterocycles. The number of rotatable bonds is 4. The maximum Gasteiger partial charge on any atom is 0.433 e. The van der Waals surface area contributed by atoms with Crippen LogP contribution in [0.2, 0.25) is 0 Å². The first kappa shape index (κ1) is 20.3. The molecule has 1 saturated heterocycles. The molecule has 26 heavy (non-hydrogen) atoms. The average molecular weight is 389 g/mol. The van der Waals surface area contributed by atoms with E-state index < -0.39 is 11.9 Å². The Kier molecular flexibility index (Phi) is 6.66. The minimum Gasteiger partial charge on any atom is -0.352 e. The van der Waals surface area contributed by atoms with Crippen LogP contribution in [0.5, 0.6) is 0 Å². The summed E-state index contributed by atoms with van der Waals surface area (Å²) < 4.78 is 39.8. The van der Waals surface area contributed by atoms with Crippen molar-refractivity contribution in [2.75, 3.05) is 19.6 Å². The van der Waals surface area contributed by atoms with Gasteiger partial charge in [-0.25, -0.2) is 4.68 Å². The minimum atomic E-state index is -4.51. The van der Waals surface area contributed by atoms with E-state index in [2.05, 4.69) is 15.7 Å². The molecule has 0 aliphatic carbocycles. The van der Waals surface area contributed by atoms with Gasteiger partial charge in [0.15, 0.2) is 0 Å². The summed E-state index contributed by atoms with van der Waals surface area (Å²) in [5.41, 5.74) is -0.368. The highest BCUT2D eigenvalue weighted by Crippen LogP contribution is 2.30. The molecule has 3 rings (SSSR count). The normalized spacial score (nSPS) is 17.4. The molecule has 0 bridgehead atoms. The maximum absolute atomic E-state index is 13.0. The van der Waals surface area contributed by atoms with Crippen molar-refractivity contribution in [1.82, 2.24) is 20.4 Å². The number of aromatic nitrogens is 2. The van der Waals surface area contributed by atoms with Crippen LogP contribution in [0, 0.1) is 5.92 Å². The lowest BCUT2D eigenvalue weighted by Gasteiger charge is -2.22. The van der Waals surface area contributed by atoms with Gasteiger partial charge in [-0.05, 0) is 56.1 Å². The van der Waals surface area contributed by atoms with Gasteiger partial charge >= 0.3 is 6.18 Å². The Labute approximate surface area is 155 Å². The molecular formula is C17H20ClF3N4O. The number of halogens is 4. The third-order valence-corrected chi connectivity index (χ3v) is 4.24. The zero-order valence-corrected chi connectivity index (χ0v) is 14.7. The van der Waals surface area contributed by atoms with Crippen molar-refractivity contribution in [3.63, 3.8) is 0 Å². The summed E-state index contributed by atoms with van der Waals surface area (Å²) in [6.07, 6.45) is -1.29. The van der Waals surface area contributed by atoms with Crippen LogP contribution in [-0.2, 0) is 6.18 Å². The van der Waals surface area contributed by atoms with Crippen molar-refractivity contribution >= 4 is 18.3 Å². The number of alkyl halides is 3. The molecule has 9 heteroatoms. The van der Waals surface area contributed by atoms with E-state index in [1.807, 2.05) is 0 Å². The number of carbonyl (C=O) groups excluding carboxylic acids is 1. The third-order valence-electron chi connectivity index (χ3n) is 4.24. The highest BCUT2D eigenvalue weighted by molar-refractivity contribution is 5.94. The summed E-state index contributed by atoms with van der Waals surface area (Å²) >= 11 is 0. The zero-order chi connectivity index (χ0) is 17.9. The predicted octanol–water partition coefficient (Wildman–Crippen LogP) is 3.04. The Bertz CT molecular complexity index is 742. The highest BCUT2D eigenvalue weighted by atomic mass is 35.5. The second-order valence-corrected chi connectivity index (χ2v) is 6.10. The van der Waals surface area contributed by atoms with Gasteiger partial charge < -0.3 is 10.6 Å². The molecule has 0 spiro atoms. The van der Waals surface area contributed by atoms with E-state index in [1.54, 1.807) is 12.1 Å². The van der Waals surface area contributed by atoms with E-state index in [-0.39, 0.29) is 24.0 Å². The van der Waals surface area contributed by atoms with Gasteiger partial charge in [-0.15, -0.1) is 12.4 Å². The fourth-order valence-corrected chi connectivity index (χ4v) is 2.94. The average Bonchev–Trinajstić information content (AvgIpc) is 3.11. The standard InChI is InChI=1S/C17H19F3N4O.ClH/c18-17(19,20)15-6-8-23-24(15)14-5-1-4-13(9-14)16(25)22-11-12-3-2-7-21-10-12;/h1,4-6,8-9,12,21H,2-3,7,10-11H2,(H,22,25);1H. The van der Waals surface area contributed by atoms with Crippen LogP contribution in [0.25, 0.3) is 5.69 Å². The molecule has 2 heterocycles. The number of amides is 1. The molecule has 1 aliphatic rings.